The molecule has 1 unspecified atom stereocenters. The van der Waals surface area contributed by atoms with Gasteiger partial charge in [-0.25, -0.2) is 0 Å². The molecule has 0 radical (unpaired) electrons. The second-order valence-corrected chi connectivity index (χ2v) is 7.22. The molecule has 2 rings (SSSR count). The van der Waals surface area contributed by atoms with Crippen LogP contribution in [0.4, 0.5) is 11.4 Å². The smallest absolute Gasteiger partial charge is 0.250 e. The zero-order valence-electron chi connectivity index (χ0n) is 12.9. The third-order valence-corrected chi connectivity index (χ3v) is 4.94. The lowest BCUT2D eigenvalue weighted by atomic mass is 9.82. The van der Waals surface area contributed by atoms with Crippen molar-refractivity contribution in [2.24, 2.45) is 5.41 Å². The molecule has 5 heteroatoms. The molecule has 116 valence electrons. The average Bonchev–Trinajstić information content (AvgIpc) is 2.42. The van der Waals surface area contributed by atoms with Crippen molar-refractivity contribution in [3.05, 3.63) is 24.3 Å². The number of nitrogens with one attached hydrogen (secondary N) is 2. The van der Waals surface area contributed by atoms with Gasteiger partial charge in [0.2, 0.25) is 5.91 Å². The first kappa shape index (κ1) is 16.2. The van der Waals surface area contributed by atoms with Gasteiger partial charge >= 0.3 is 0 Å². The summed E-state index contributed by atoms with van der Waals surface area (Å²) < 4.78 is 4.82. The highest BCUT2D eigenvalue weighted by Crippen LogP contribution is 2.36. The van der Waals surface area contributed by atoms with E-state index in [0.29, 0.717) is 11.5 Å². The van der Waals surface area contributed by atoms with E-state index in [1.165, 1.54) is 19.3 Å². The molecular formula is C16H24N2O2S. The lowest BCUT2D eigenvalue weighted by molar-refractivity contribution is -0.119. The van der Waals surface area contributed by atoms with Crippen molar-refractivity contribution in [1.82, 2.24) is 0 Å². The molecule has 1 amide bonds. The van der Waals surface area contributed by atoms with Crippen molar-refractivity contribution in [1.29, 1.82) is 0 Å². The van der Waals surface area contributed by atoms with E-state index >= 15 is 0 Å². The first-order valence-corrected chi connectivity index (χ1v) is 8.40. The van der Waals surface area contributed by atoms with Crippen molar-refractivity contribution in [3.8, 4) is 0 Å². The highest BCUT2D eigenvalue weighted by Gasteiger charge is 2.32. The van der Waals surface area contributed by atoms with Crippen LogP contribution in [0.1, 0.15) is 20.3 Å². The fourth-order valence-corrected chi connectivity index (χ4v) is 4.00. The number of carbonyl (C=O) groups is 1. The number of benzene rings is 1. The lowest BCUT2D eigenvalue weighted by Gasteiger charge is -2.39. The number of methoxy groups -OCH3 is 1. The van der Waals surface area contributed by atoms with Crippen molar-refractivity contribution in [2.45, 2.75) is 26.3 Å². The summed E-state index contributed by atoms with van der Waals surface area (Å²) in [6, 6.07) is 8.30. The van der Waals surface area contributed by atoms with Crippen molar-refractivity contribution < 1.29 is 9.53 Å². The van der Waals surface area contributed by atoms with E-state index in [2.05, 4.69) is 24.5 Å². The predicted octanol–water partition coefficient (Wildman–Crippen LogP) is 3.22. The summed E-state index contributed by atoms with van der Waals surface area (Å²) in [5.74, 6) is 2.22. The third-order valence-electron chi connectivity index (χ3n) is 3.88. The van der Waals surface area contributed by atoms with E-state index in [-0.39, 0.29) is 12.5 Å². The number of ether oxygens (including phenoxy) is 1. The van der Waals surface area contributed by atoms with E-state index in [9.17, 15) is 4.79 Å². The number of thioether (sulfide) groups is 1. The van der Waals surface area contributed by atoms with E-state index in [1.807, 2.05) is 36.0 Å². The van der Waals surface area contributed by atoms with Gasteiger partial charge < -0.3 is 15.4 Å². The zero-order chi connectivity index (χ0) is 15.3. The van der Waals surface area contributed by atoms with Gasteiger partial charge in [-0.15, -0.1) is 0 Å². The Balaban J connectivity index is 2.02. The predicted molar refractivity (Wildman–Crippen MR) is 90.1 cm³/mol. The molecule has 1 aliphatic heterocycles. The molecule has 1 saturated heterocycles. The topological polar surface area (TPSA) is 50.4 Å². The fourth-order valence-electron chi connectivity index (χ4n) is 2.39. The Morgan fingerprint density at radius 1 is 1.43 bits per heavy atom. The number of rotatable bonds is 5. The summed E-state index contributed by atoms with van der Waals surface area (Å²) in [5.41, 5.74) is 2.13. The highest BCUT2D eigenvalue weighted by atomic mass is 32.2. The van der Waals surface area contributed by atoms with E-state index < -0.39 is 0 Å². The lowest BCUT2D eigenvalue weighted by Crippen LogP contribution is -2.41. The number of carbonyl (C=O) groups excluding carboxylic acids is 1. The number of hydrogen-bond acceptors (Lipinski definition) is 4. The van der Waals surface area contributed by atoms with Gasteiger partial charge in [-0.1, -0.05) is 19.9 Å². The Bertz CT molecular complexity index is 491. The maximum absolute atomic E-state index is 11.6. The van der Waals surface area contributed by atoms with E-state index in [4.69, 9.17) is 4.74 Å². The zero-order valence-corrected chi connectivity index (χ0v) is 13.8. The highest BCUT2D eigenvalue weighted by molar-refractivity contribution is 7.99. The minimum atomic E-state index is -0.136. The molecule has 1 aromatic carbocycles. The normalized spacial score (nSPS) is 20.8. The Morgan fingerprint density at radius 2 is 2.19 bits per heavy atom. The standard InChI is InChI=1S/C16H24N2O2S/c1-16(2)7-8-21-11-14(16)17-12-5-4-6-13(9-12)18-15(19)10-20-3/h4-6,9,14,17H,7-8,10-11H2,1-3H3,(H,18,19). The molecule has 0 aliphatic carbocycles. The summed E-state index contributed by atoms with van der Waals surface area (Å²) in [7, 11) is 1.51. The Kier molecular flexibility index (Phi) is 5.53. The monoisotopic (exact) mass is 308 g/mol. The van der Waals surface area contributed by atoms with Gasteiger partial charge in [-0.05, 0) is 35.8 Å². The van der Waals surface area contributed by atoms with Crippen LogP contribution in [-0.4, -0.2) is 37.2 Å². The quantitative estimate of drug-likeness (QED) is 0.877. The molecule has 1 aromatic rings. The molecule has 0 saturated carbocycles. The number of anilines is 2. The SMILES string of the molecule is COCC(=O)Nc1cccc(NC2CSCCC2(C)C)c1. The number of amides is 1. The van der Waals surface area contributed by atoms with Gasteiger partial charge in [0, 0.05) is 30.3 Å². The molecule has 0 spiro atoms. The maximum atomic E-state index is 11.6. The Morgan fingerprint density at radius 3 is 2.90 bits per heavy atom. The minimum absolute atomic E-state index is 0.0734. The first-order chi connectivity index (χ1) is 10.0. The van der Waals surface area contributed by atoms with Crippen molar-refractivity contribution in [3.63, 3.8) is 0 Å². The molecule has 21 heavy (non-hydrogen) atoms. The van der Waals surface area contributed by atoms with Crippen LogP contribution < -0.4 is 10.6 Å². The van der Waals surface area contributed by atoms with Crippen LogP contribution in [0.3, 0.4) is 0 Å². The molecule has 1 atom stereocenters. The van der Waals surface area contributed by atoms with Crippen LogP contribution >= 0.6 is 11.8 Å². The molecule has 4 nitrogen and oxygen atoms in total. The number of hydrogen-bond donors (Lipinski definition) is 2. The summed E-state index contributed by atoms with van der Waals surface area (Å²) >= 11 is 2.00. The van der Waals surface area contributed by atoms with Crippen LogP contribution in [0.5, 0.6) is 0 Å². The second kappa shape index (κ2) is 7.18. The minimum Gasteiger partial charge on any atom is -0.381 e. The van der Waals surface area contributed by atoms with E-state index in [1.54, 1.807) is 0 Å². The van der Waals surface area contributed by atoms with Crippen LogP contribution in [0.15, 0.2) is 24.3 Å². The van der Waals surface area contributed by atoms with Gasteiger partial charge in [-0.2, -0.15) is 11.8 Å². The van der Waals surface area contributed by atoms with Crippen LogP contribution in [-0.2, 0) is 9.53 Å². The molecule has 1 heterocycles. The molecule has 2 N–H and O–H groups in total. The molecule has 0 bridgehead atoms. The van der Waals surface area contributed by atoms with Crippen LogP contribution in [0, 0.1) is 5.41 Å². The van der Waals surface area contributed by atoms with Gasteiger partial charge in [0.05, 0.1) is 0 Å². The summed E-state index contributed by atoms with van der Waals surface area (Å²) in [6.07, 6.45) is 1.22. The fraction of sp³-hybridized carbons (Fsp3) is 0.562. The van der Waals surface area contributed by atoms with Crippen molar-refractivity contribution >= 4 is 29.0 Å². The average molecular weight is 308 g/mol. The van der Waals surface area contributed by atoms with Gasteiger partial charge in [0.25, 0.3) is 0 Å². The largest absolute Gasteiger partial charge is 0.381 e. The molecule has 1 fully saturated rings. The third kappa shape index (κ3) is 4.64. The summed E-state index contributed by atoms with van der Waals surface area (Å²) in [6.45, 7) is 4.70. The maximum Gasteiger partial charge on any atom is 0.250 e. The Labute approximate surface area is 131 Å². The molecule has 1 aliphatic rings. The van der Waals surface area contributed by atoms with Crippen molar-refractivity contribution in [2.75, 3.05) is 35.9 Å². The second-order valence-electron chi connectivity index (χ2n) is 6.07. The molecular weight excluding hydrogens is 284 g/mol. The van der Waals surface area contributed by atoms with Gasteiger partial charge in [-0.3, -0.25) is 4.79 Å². The summed E-state index contributed by atoms with van der Waals surface area (Å²) in [5, 5.41) is 6.45. The molecule has 0 aromatic heterocycles. The summed E-state index contributed by atoms with van der Waals surface area (Å²) in [4.78, 5) is 11.6. The van der Waals surface area contributed by atoms with E-state index in [0.717, 1.165) is 17.1 Å². The van der Waals surface area contributed by atoms with Crippen LogP contribution in [0.2, 0.25) is 0 Å². The van der Waals surface area contributed by atoms with Gasteiger partial charge in [0.1, 0.15) is 6.61 Å². The van der Waals surface area contributed by atoms with Gasteiger partial charge in [0.15, 0.2) is 0 Å². The first-order valence-electron chi connectivity index (χ1n) is 7.24. The Hall–Kier alpha value is -1.20. The van der Waals surface area contributed by atoms with Crippen LogP contribution in [0.25, 0.3) is 0 Å².